The molecule has 0 unspecified atom stereocenters. The summed E-state index contributed by atoms with van der Waals surface area (Å²) in [6.45, 7) is 4.02. The molecule has 1 aliphatic rings. The molecule has 4 nitrogen and oxygen atoms in total. The number of hydrogen-bond donors (Lipinski definition) is 0. The fourth-order valence-corrected chi connectivity index (χ4v) is 4.50. The summed E-state index contributed by atoms with van der Waals surface area (Å²) in [5.41, 5.74) is 2.94. The summed E-state index contributed by atoms with van der Waals surface area (Å²) in [6.07, 6.45) is 1.85. The molecule has 5 heteroatoms. The highest BCUT2D eigenvalue weighted by atomic mass is 19.1. The second-order valence-electron chi connectivity index (χ2n) is 8.19. The zero-order valence-corrected chi connectivity index (χ0v) is 18.4. The molecule has 3 aromatic rings. The van der Waals surface area contributed by atoms with Gasteiger partial charge >= 0.3 is 0 Å². The van der Waals surface area contributed by atoms with E-state index >= 15 is 0 Å². The maximum atomic E-state index is 13.7. The van der Waals surface area contributed by atoms with Crippen molar-refractivity contribution in [2.75, 3.05) is 9.80 Å². The van der Waals surface area contributed by atoms with E-state index in [-0.39, 0.29) is 29.7 Å². The molecule has 32 heavy (non-hydrogen) atoms. The highest BCUT2D eigenvalue weighted by molar-refractivity contribution is 6.07. The van der Waals surface area contributed by atoms with Gasteiger partial charge in [0.05, 0.1) is 6.04 Å². The molecule has 0 saturated heterocycles. The Morgan fingerprint density at radius 2 is 1.62 bits per heavy atom. The molecule has 164 valence electrons. The van der Waals surface area contributed by atoms with Crippen molar-refractivity contribution in [1.29, 1.82) is 0 Å². The topological polar surface area (TPSA) is 40.6 Å². The minimum Gasteiger partial charge on any atom is -0.309 e. The molecular weight excluding hydrogens is 403 g/mol. The maximum absolute atomic E-state index is 13.7. The molecule has 1 aliphatic heterocycles. The van der Waals surface area contributed by atoms with Crippen molar-refractivity contribution < 1.29 is 14.0 Å². The Morgan fingerprint density at radius 3 is 2.31 bits per heavy atom. The SMILES string of the molecule is CCCC(=O)N1c2ccccc2[C@@H](N(C(=O)c2ccccc2)c2ccc(F)cc2)C[C@H]1C. The third-order valence-electron chi connectivity index (χ3n) is 5.95. The van der Waals surface area contributed by atoms with Crippen LogP contribution in [0.5, 0.6) is 0 Å². The molecular formula is C27H27FN2O2. The number of para-hydroxylation sites is 1. The van der Waals surface area contributed by atoms with Gasteiger partial charge < -0.3 is 9.80 Å². The first-order chi connectivity index (χ1) is 15.5. The predicted molar refractivity (Wildman–Crippen MR) is 125 cm³/mol. The summed E-state index contributed by atoms with van der Waals surface area (Å²) in [7, 11) is 0. The Labute approximate surface area is 188 Å². The Hall–Kier alpha value is -3.47. The average Bonchev–Trinajstić information content (AvgIpc) is 2.81. The first-order valence-corrected chi connectivity index (χ1v) is 11.1. The standard InChI is InChI=1S/C27H27FN2O2/c1-3-9-26(31)29-19(2)18-25(23-12-7-8-13-24(23)29)30(22-16-14-21(28)15-17-22)27(32)20-10-5-4-6-11-20/h4-8,10-17,19,25H,3,9,18H2,1-2H3/t19-,25+/m1/s1. The van der Waals surface area contributed by atoms with E-state index in [1.54, 1.807) is 29.2 Å². The summed E-state index contributed by atoms with van der Waals surface area (Å²) in [5, 5.41) is 0. The highest BCUT2D eigenvalue weighted by Gasteiger charge is 2.38. The normalized spacial score (nSPS) is 17.5. The number of hydrogen-bond acceptors (Lipinski definition) is 2. The van der Waals surface area contributed by atoms with Gasteiger partial charge in [-0.15, -0.1) is 0 Å². The minimum atomic E-state index is -0.352. The summed E-state index contributed by atoms with van der Waals surface area (Å²) in [4.78, 5) is 30.2. The van der Waals surface area contributed by atoms with Gasteiger partial charge in [-0.3, -0.25) is 9.59 Å². The number of nitrogens with zero attached hydrogens (tertiary/aromatic N) is 2. The van der Waals surface area contributed by atoms with E-state index in [1.807, 2.05) is 61.2 Å². The molecule has 0 radical (unpaired) electrons. The quantitative estimate of drug-likeness (QED) is 0.488. The van der Waals surface area contributed by atoms with Crippen molar-refractivity contribution in [3.63, 3.8) is 0 Å². The van der Waals surface area contributed by atoms with Crippen LogP contribution in [0, 0.1) is 5.82 Å². The van der Waals surface area contributed by atoms with Crippen LogP contribution in [0.25, 0.3) is 0 Å². The fourth-order valence-electron chi connectivity index (χ4n) is 4.50. The summed E-state index contributed by atoms with van der Waals surface area (Å²) in [6, 6.07) is 22.5. The van der Waals surface area contributed by atoms with Gasteiger partial charge in [0.2, 0.25) is 5.91 Å². The van der Waals surface area contributed by atoms with Crippen molar-refractivity contribution in [1.82, 2.24) is 0 Å². The molecule has 0 N–H and O–H groups in total. The predicted octanol–water partition coefficient (Wildman–Crippen LogP) is 6.14. The van der Waals surface area contributed by atoms with Crippen LogP contribution in [-0.4, -0.2) is 17.9 Å². The fraction of sp³-hybridized carbons (Fsp3) is 0.259. The van der Waals surface area contributed by atoms with Crippen LogP contribution < -0.4 is 9.80 Å². The smallest absolute Gasteiger partial charge is 0.258 e. The maximum Gasteiger partial charge on any atom is 0.258 e. The lowest BCUT2D eigenvalue weighted by molar-refractivity contribution is -0.119. The third-order valence-corrected chi connectivity index (χ3v) is 5.95. The Kier molecular flexibility index (Phi) is 6.35. The summed E-state index contributed by atoms with van der Waals surface area (Å²) < 4.78 is 13.7. The zero-order valence-electron chi connectivity index (χ0n) is 18.4. The second-order valence-corrected chi connectivity index (χ2v) is 8.19. The van der Waals surface area contributed by atoms with Crippen LogP contribution >= 0.6 is 0 Å². The summed E-state index contributed by atoms with van der Waals surface area (Å²) >= 11 is 0. The van der Waals surface area contributed by atoms with Gasteiger partial charge in [0.25, 0.3) is 5.91 Å². The largest absolute Gasteiger partial charge is 0.309 e. The third kappa shape index (κ3) is 4.15. The van der Waals surface area contributed by atoms with E-state index in [2.05, 4.69) is 0 Å². The number of carbonyl (C=O) groups is 2. The van der Waals surface area contributed by atoms with E-state index in [9.17, 15) is 14.0 Å². The Bertz CT molecular complexity index is 1100. The van der Waals surface area contributed by atoms with E-state index < -0.39 is 0 Å². The first-order valence-electron chi connectivity index (χ1n) is 11.1. The average molecular weight is 431 g/mol. The molecule has 0 bridgehead atoms. The number of fused-ring (bicyclic) bond motifs is 1. The zero-order chi connectivity index (χ0) is 22.7. The van der Waals surface area contributed by atoms with Crippen molar-refractivity contribution in [3.8, 4) is 0 Å². The summed E-state index contributed by atoms with van der Waals surface area (Å²) in [5.74, 6) is -0.416. The number of halogens is 1. The van der Waals surface area contributed by atoms with Crippen molar-refractivity contribution in [2.24, 2.45) is 0 Å². The van der Waals surface area contributed by atoms with Crippen molar-refractivity contribution in [2.45, 2.75) is 45.2 Å². The Balaban J connectivity index is 1.83. The molecule has 2 atom stereocenters. The second kappa shape index (κ2) is 9.35. The first kappa shape index (κ1) is 21.8. The van der Waals surface area contributed by atoms with Crippen molar-refractivity contribution in [3.05, 3.63) is 95.8 Å². The van der Waals surface area contributed by atoms with Crippen LogP contribution in [0.3, 0.4) is 0 Å². The highest BCUT2D eigenvalue weighted by Crippen LogP contribution is 2.43. The monoisotopic (exact) mass is 430 g/mol. The number of amides is 2. The lowest BCUT2D eigenvalue weighted by atomic mass is 9.89. The van der Waals surface area contributed by atoms with E-state index in [0.717, 1.165) is 17.7 Å². The van der Waals surface area contributed by atoms with Gasteiger partial charge in [-0.2, -0.15) is 0 Å². The molecule has 0 saturated carbocycles. The number of benzene rings is 3. The molecule has 3 aromatic carbocycles. The molecule has 0 aliphatic carbocycles. The molecule has 0 fully saturated rings. The number of rotatable bonds is 5. The minimum absolute atomic E-state index is 0.0829. The van der Waals surface area contributed by atoms with E-state index in [4.69, 9.17) is 0 Å². The van der Waals surface area contributed by atoms with Crippen molar-refractivity contribution >= 4 is 23.2 Å². The molecule has 1 heterocycles. The van der Waals surface area contributed by atoms with Gasteiger partial charge in [-0.25, -0.2) is 4.39 Å². The van der Waals surface area contributed by atoms with Crippen LogP contribution in [0.15, 0.2) is 78.9 Å². The van der Waals surface area contributed by atoms with Gasteiger partial charge in [0.15, 0.2) is 0 Å². The van der Waals surface area contributed by atoms with Gasteiger partial charge in [0, 0.05) is 29.4 Å². The van der Waals surface area contributed by atoms with Gasteiger partial charge in [-0.1, -0.05) is 43.3 Å². The van der Waals surface area contributed by atoms with Crippen LogP contribution in [-0.2, 0) is 4.79 Å². The van der Waals surface area contributed by atoms with E-state index in [1.165, 1.54) is 12.1 Å². The van der Waals surface area contributed by atoms with Crippen LogP contribution in [0.2, 0.25) is 0 Å². The van der Waals surface area contributed by atoms with E-state index in [0.29, 0.717) is 24.1 Å². The van der Waals surface area contributed by atoms with Gasteiger partial charge in [0.1, 0.15) is 5.82 Å². The van der Waals surface area contributed by atoms with Crippen LogP contribution in [0.1, 0.15) is 55.1 Å². The number of carbonyl (C=O) groups excluding carboxylic acids is 2. The molecule has 4 rings (SSSR count). The van der Waals surface area contributed by atoms with Crippen LogP contribution in [0.4, 0.5) is 15.8 Å². The molecule has 0 spiro atoms. The number of anilines is 2. The lowest BCUT2D eigenvalue weighted by Gasteiger charge is -2.43. The van der Waals surface area contributed by atoms with Gasteiger partial charge in [-0.05, 0) is 67.8 Å². The Morgan fingerprint density at radius 1 is 0.969 bits per heavy atom. The molecule has 0 aromatic heterocycles. The molecule has 2 amide bonds. The lowest BCUT2D eigenvalue weighted by Crippen LogP contribution is -2.47.